The van der Waals surface area contributed by atoms with Gasteiger partial charge in [-0.15, -0.1) is 0 Å². The summed E-state index contributed by atoms with van der Waals surface area (Å²) in [7, 11) is -4.16. The Labute approximate surface area is 210 Å². The second-order valence-corrected chi connectivity index (χ2v) is 10.7. The Morgan fingerprint density at radius 1 is 1.00 bits per heavy atom. The number of nitrogens with zero attached hydrogens (tertiary/aromatic N) is 1. The van der Waals surface area contributed by atoms with Crippen LogP contribution in [0.4, 0.5) is 50.9 Å². The van der Waals surface area contributed by atoms with Gasteiger partial charge in [-0.2, -0.15) is 35.1 Å². The molecule has 3 nitrogen and oxygen atoms in total. The van der Waals surface area contributed by atoms with Crippen LogP contribution in [0.15, 0.2) is 47.4 Å². The molecule has 2 aromatic carbocycles. The zero-order valence-electron chi connectivity index (χ0n) is 16.2. The van der Waals surface area contributed by atoms with Crippen LogP contribution in [-0.2, 0) is 16.5 Å². The summed E-state index contributed by atoms with van der Waals surface area (Å²) in [5, 5.41) is 13.9. The molecule has 0 radical (unpaired) electrons. The maximum atomic E-state index is 15.0. The highest BCUT2D eigenvalue weighted by molar-refractivity contribution is 14.1. The molecule has 0 aliphatic carbocycles. The van der Waals surface area contributed by atoms with Crippen LogP contribution >= 0.6 is 38.5 Å². The molecule has 0 amide bonds. The molecular weight excluding hydrogens is 684 g/mol. The molecule has 0 N–H and O–H groups in total. The molecule has 0 fully saturated rings. The van der Waals surface area contributed by atoms with Gasteiger partial charge >= 0.3 is 22.2 Å². The van der Waals surface area contributed by atoms with Gasteiger partial charge in [0.1, 0.15) is 17.1 Å². The van der Waals surface area contributed by atoms with Gasteiger partial charge in [0.15, 0.2) is 16.5 Å². The monoisotopic (exact) mass is 693 g/mol. The van der Waals surface area contributed by atoms with Crippen LogP contribution < -0.4 is 4.65 Å². The van der Waals surface area contributed by atoms with Crippen molar-refractivity contribution in [1.29, 1.82) is 0 Å². The van der Waals surface area contributed by atoms with Crippen LogP contribution in [0.5, 0.6) is 0 Å². The minimum absolute atomic E-state index is 0.135. The average Bonchev–Trinajstić information content (AvgIpc) is 2.69. The fourth-order valence-corrected chi connectivity index (χ4v) is 6.04. The van der Waals surface area contributed by atoms with E-state index < -0.39 is 63.9 Å². The van der Waals surface area contributed by atoms with E-state index in [1.165, 1.54) is 52.3 Å². The van der Waals surface area contributed by atoms with Gasteiger partial charge in [-0.25, -0.2) is 8.60 Å². The van der Waals surface area contributed by atoms with Crippen LogP contribution in [0.25, 0.3) is 6.08 Å². The van der Waals surface area contributed by atoms with Crippen molar-refractivity contribution >= 4 is 66.8 Å². The Bertz CT molecular complexity index is 1170. The number of para-hydroxylation sites is 1. The topological polar surface area (TPSA) is 40.1 Å². The van der Waals surface area contributed by atoms with E-state index in [0.29, 0.717) is 0 Å². The normalized spacial score (nSPS) is 21.6. The molecule has 1 aliphatic rings. The first-order chi connectivity index (χ1) is 15.4. The third-order valence-electron chi connectivity index (χ3n) is 4.96. The molecule has 15 heteroatoms. The summed E-state index contributed by atoms with van der Waals surface area (Å²) < 4.78 is 133. The maximum Gasteiger partial charge on any atom is 0.476 e. The van der Waals surface area contributed by atoms with Crippen LogP contribution in [0.2, 0.25) is 0 Å². The number of halogens is 11. The number of hydroxylamine groups is 1. The Hall–Kier alpha value is -1.17. The van der Waals surface area contributed by atoms with E-state index >= 15 is 0 Å². The number of quaternary nitrogens is 1. The van der Waals surface area contributed by atoms with Gasteiger partial charge in [0, 0.05) is 17.2 Å². The molecule has 0 saturated carbocycles. The Balaban J connectivity index is 2.43. The minimum atomic E-state index is -6.30. The molecule has 1 aliphatic heterocycles. The first-order valence-corrected chi connectivity index (χ1v) is 11.9. The number of hydrogen-bond acceptors (Lipinski definition) is 2. The number of rotatable bonds is 4. The average molecular weight is 694 g/mol. The largest absolute Gasteiger partial charge is 0.622 e. The van der Waals surface area contributed by atoms with E-state index in [1.54, 1.807) is 0 Å². The highest BCUT2D eigenvalue weighted by atomic mass is 127. The first kappa shape index (κ1) is 27.4. The summed E-state index contributed by atoms with van der Waals surface area (Å²) in [6, 6.07) is 5.56. The quantitative estimate of drug-likeness (QED) is 0.108. The highest BCUT2D eigenvalue weighted by Gasteiger charge is 2.71. The molecule has 0 spiro atoms. The lowest BCUT2D eigenvalue weighted by Gasteiger charge is -2.45. The van der Waals surface area contributed by atoms with Crippen LogP contribution in [0, 0.1) is 8.78 Å². The number of hydrogen-bond donors (Lipinski definition) is 0. The fraction of sp³-hybridized carbons (Fsp3) is 0.263. The number of fused-ring (bicyclic) bond motifs is 1. The van der Waals surface area contributed by atoms with Gasteiger partial charge in [-0.3, -0.25) is 4.65 Å². The van der Waals surface area contributed by atoms with Gasteiger partial charge < -0.3 is 5.21 Å². The zero-order chi connectivity index (χ0) is 25.9. The molecule has 1 heterocycles. The van der Waals surface area contributed by atoms with Crippen molar-refractivity contribution in [2.45, 2.75) is 27.1 Å². The predicted octanol–water partition coefficient (Wildman–Crippen LogP) is 7.80. The summed E-state index contributed by atoms with van der Waals surface area (Å²) in [5.41, 5.74) is -13.8. The second-order valence-electron chi connectivity index (χ2n) is 7.06. The fourth-order valence-electron chi connectivity index (χ4n) is 3.47. The SMILES string of the molecule is O=S(c1cc(C(F)(C(F)(F)F)C(F)(F)Br)cc(I)c1[N+]1([O-])CC=Cc2ccccc21)C(F)(F)F. The van der Waals surface area contributed by atoms with Crippen molar-refractivity contribution in [2.75, 3.05) is 6.54 Å². The van der Waals surface area contributed by atoms with E-state index in [2.05, 4.69) is 0 Å². The standard InChI is InChI=1S/C19H10BrF9INO2S/c20-17(22,23)16(21,18(24,25)26)11-8-12(30)15(14(9-11)34(33)19(27,28)29)31(32)7-3-5-10-4-1-2-6-13(10)31/h1-6,8-9H,7H2. The smallest absolute Gasteiger partial charge is 0.476 e. The molecule has 3 unspecified atom stereocenters. The van der Waals surface area contributed by atoms with Crippen molar-refractivity contribution in [3.05, 3.63) is 62.4 Å². The van der Waals surface area contributed by atoms with E-state index in [1.807, 2.05) is 0 Å². The summed E-state index contributed by atoms with van der Waals surface area (Å²) in [4.78, 5) is -6.87. The first-order valence-electron chi connectivity index (χ1n) is 8.86. The summed E-state index contributed by atoms with van der Waals surface area (Å²) >= 11 is 2.47. The summed E-state index contributed by atoms with van der Waals surface area (Å²) in [6.45, 7) is -0.553. The van der Waals surface area contributed by atoms with Crippen molar-refractivity contribution in [3.8, 4) is 0 Å². The summed E-state index contributed by atoms with van der Waals surface area (Å²) in [5.74, 6) is 0. The minimum Gasteiger partial charge on any atom is -0.622 e. The molecule has 3 rings (SSSR count). The van der Waals surface area contributed by atoms with Crippen LogP contribution in [0.1, 0.15) is 11.1 Å². The van der Waals surface area contributed by atoms with Crippen LogP contribution in [0.3, 0.4) is 0 Å². The zero-order valence-corrected chi connectivity index (χ0v) is 20.7. The lowest BCUT2D eigenvalue weighted by Crippen LogP contribution is -2.50. The molecule has 34 heavy (non-hydrogen) atoms. The molecule has 186 valence electrons. The Kier molecular flexibility index (Phi) is 7.05. The van der Waals surface area contributed by atoms with E-state index in [0.717, 1.165) is 22.6 Å². The molecular formula is C19H10BrF9INO2S. The third-order valence-corrected chi connectivity index (χ3v) is 7.46. The lowest BCUT2D eigenvalue weighted by atomic mass is 9.94. The van der Waals surface area contributed by atoms with Crippen molar-refractivity contribution < 1.29 is 43.7 Å². The molecule has 2 aromatic rings. The van der Waals surface area contributed by atoms with Crippen molar-refractivity contribution in [3.63, 3.8) is 0 Å². The summed E-state index contributed by atoms with van der Waals surface area (Å²) in [6.07, 6.45) is -3.54. The number of alkyl halides is 10. The van der Waals surface area contributed by atoms with Gasteiger partial charge in [-0.05, 0) is 68.9 Å². The molecule has 3 atom stereocenters. The molecule has 0 saturated heterocycles. The van der Waals surface area contributed by atoms with Gasteiger partial charge in [0.2, 0.25) is 0 Å². The van der Waals surface area contributed by atoms with E-state index in [9.17, 15) is 48.9 Å². The third kappa shape index (κ3) is 4.41. The molecule has 0 aromatic heterocycles. The van der Waals surface area contributed by atoms with Crippen LogP contribution in [-0.4, -0.2) is 27.3 Å². The lowest BCUT2D eigenvalue weighted by molar-refractivity contribution is -0.282. The highest BCUT2D eigenvalue weighted by Crippen LogP contribution is 2.57. The van der Waals surface area contributed by atoms with Gasteiger partial charge in [-0.1, -0.05) is 12.1 Å². The second kappa shape index (κ2) is 8.74. The maximum absolute atomic E-state index is 15.0. The van der Waals surface area contributed by atoms with Gasteiger partial charge in [0.25, 0.3) is 0 Å². The Morgan fingerprint density at radius 2 is 1.59 bits per heavy atom. The van der Waals surface area contributed by atoms with Gasteiger partial charge in [0.05, 0.1) is 3.57 Å². The van der Waals surface area contributed by atoms with Crippen molar-refractivity contribution in [1.82, 2.24) is 4.65 Å². The van der Waals surface area contributed by atoms with E-state index in [-0.39, 0.29) is 23.4 Å². The number of benzene rings is 2. The van der Waals surface area contributed by atoms with Crippen molar-refractivity contribution in [2.24, 2.45) is 0 Å². The molecule has 0 bridgehead atoms. The van der Waals surface area contributed by atoms with E-state index in [4.69, 9.17) is 0 Å². The Morgan fingerprint density at radius 3 is 2.12 bits per heavy atom. The predicted molar refractivity (Wildman–Crippen MR) is 120 cm³/mol.